The molecule has 0 spiro atoms. The largest absolute Gasteiger partial charge is 0.361 e. The second-order valence-corrected chi connectivity index (χ2v) is 9.41. The van der Waals surface area contributed by atoms with Gasteiger partial charge in [0, 0.05) is 39.9 Å². The minimum atomic E-state index is -0.484. The van der Waals surface area contributed by atoms with E-state index in [0.717, 1.165) is 33.3 Å². The number of aromatic amines is 1. The zero-order valence-electron chi connectivity index (χ0n) is 17.5. The molecule has 1 N–H and O–H groups in total. The molecule has 6 rings (SSSR count). The molecule has 3 aromatic carbocycles. The van der Waals surface area contributed by atoms with Crippen molar-refractivity contribution in [3.8, 4) is 0 Å². The molecule has 4 aromatic rings. The number of carbonyl (C=O) groups excluding carboxylic acids is 1. The summed E-state index contributed by atoms with van der Waals surface area (Å²) in [5.74, 6) is 1.30. The average Bonchev–Trinajstić information content (AvgIpc) is 3.39. The standard InChI is InChI=1S/C26H19ClN4OS/c27-18-7-5-6-16(12-18)15-33-26-30-22-11-4-2-9-20(22)24-29-23(25(32)31(24)26)13-17-14-28-21-10-3-1-8-19(17)21/h1-12,14,23,28H,13,15H2/t23-/m1/s1. The quantitative estimate of drug-likeness (QED) is 0.400. The maximum atomic E-state index is 13.6. The number of thioether (sulfide) groups is 1. The SMILES string of the molecule is O=C1[C@@H](Cc2c[nH]c3ccccc23)N=C2c3ccccc3N=C(SCc3cccc(Cl)c3)N12. The molecule has 0 unspecified atom stereocenters. The molecular weight excluding hydrogens is 452 g/mol. The summed E-state index contributed by atoms with van der Waals surface area (Å²) in [5, 5.41) is 2.47. The molecule has 33 heavy (non-hydrogen) atoms. The van der Waals surface area contributed by atoms with Crippen molar-refractivity contribution in [3.05, 3.63) is 101 Å². The summed E-state index contributed by atoms with van der Waals surface area (Å²) in [4.78, 5) is 28.3. The number of hydrogen-bond acceptors (Lipinski definition) is 4. The Morgan fingerprint density at radius 3 is 2.79 bits per heavy atom. The van der Waals surface area contributed by atoms with E-state index in [9.17, 15) is 4.79 Å². The molecular formula is C26H19ClN4OS. The number of H-pyrrole nitrogens is 1. The van der Waals surface area contributed by atoms with Gasteiger partial charge in [0.2, 0.25) is 0 Å². The zero-order chi connectivity index (χ0) is 22.4. The molecule has 7 heteroatoms. The van der Waals surface area contributed by atoms with E-state index in [4.69, 9.17) is 21.6 Å². The van der Waals surface area contributed by atoms with E-state index >= 15 is 0 Å². The van der Waals surface area contributed by atoms with Crippen LogP contribution in [0.4, 0.5) is 5.69 Å². The Kier molecular flexibility index (Phi) is 5.04. The van der Waals surface area contributed by atoms with E-state index in [1.807, 2.05) is 72.9 Å². The van der Waals surface area contributed by atoms with Gasteiger partial charge in [-0.25, -0.2) is 9.89 Å². The number of amidine groups is 2. The number of benzene rings is 3. The Morgan fingerprint density at radius 1 is 1.03 bits per heavy atom. The number of para-hydroxylation sites is 2. The zero-order valence-corrected chi connectivity index (χ0v) is 19.1. The predicted octanol–water partition coefficient (Wildman–Crippen LogP) is 5.96. The van der Waals surface area contributed by atoms with E-state index in [1.165, 1.54) is 11.8 Å². The second-order valence-electron chi connectivity index (χ2n) is 8.04. The average molecular weight is 471 g/mol. The fourth-order valence-corrected chi connectivity index (χ4v) is 5.47. The highest BCUT2D eigenvalue weighted by atomic mass is 35.5. The molecule has 0 saturated heterocycles. The van der Waals surface area contributed by atoms with Crippen LogP contribution in [-0.4, -0.2) is 32.8 Å². The maximum Gasteiger partial charge on any atom is 0.259 e. The number of rotatable bonds is 4. The van der Waals surface area contributed by atoms with Gasteiger partial charge in [-0.2, -0.15) is 0 Å². The van der Waals surface area contributed by atoms with Gasteiger partial charge in [-0.05, 0) is 41.5 Å². The third kappa shape index (κ3) is 3.65. The van der Waals surface area contributed by atoms with E-state index in [0.29, 0.717) is 28.2 Å². The molecule has 2 aliphatic rings. The van der Waals surface area contributed by atoms with Crippen LogP contribution in [0.3, 0.4) is 0 Å². The molecule has 1 aromatic heterocycles. The maximum absolute atomic E-state index is 13.6. The van der Waals surface area contributed by atoms with Crippen molar-refractivity contribution < 1.29 is 4.79 Å². The number of fused-ring (bicyclic) bond motifs is 4. The number of amides is 1. The molecule has 5 nitrogen and oxygen atoms in total. The summed E-state index contributed by atoms with van der Waals surface area (Å²) in [6.45, 7) is 0. The Bertz CT molecular complexity index is 1460. The first-order valence-electron chi connectivity index (χ1n) is 10.7. The highest BCUT2D eigenvalue weighted by Crippen LogP contribution is 2.35. The fraction of sp³-hybridized carbons (Fsp3) is 0.115. The van der Waals surface area contributed by atoms with Crippen molar-refractivity contribution in [3.63, 3.8) is 0 Å². The molecule has 1 atom stereocenters. The summed E-state index contributed by atoms with van der Waals surface area (Å²) in [6, 6.07) is 23.2. The number of aromatic nitrogens is 1. The lowest BCUT2D eigenvalue weighted by molar-refractivity contribution is -0.124. The van der Waals surface area contributed by atoms with Crippen LogP contribution in [0.5, 0.6) is 0 Å². The van der Waals surface area contributed by atoms with Gasteiger partial charge in [-0.1, -0.05) is 65.8 Å². The van der Waals surface area contributed by atoms with E-state index in [-0.39, 0.29) is 5.91 Å². The van der Waals surface area contributed by atoms with Crippen LogP contribution in [0.1, 0.15) is 16.7 Å². The monoisotopic (exact) mass is 470 g/mol. The minimum Gasteiger partial charge on any atom is -0.361 e. The first-order valence-corrected chi connectivity index (χ1v) is 12.1. The smallest absolute Gasteiger partial charge is 0.259 e. The van der Waals surface area contributed by atoms with Gasteiger partial charge < -0.3 is 4.98 Å². The molecule has 0 saturated carbocycles. The summed E-state index contributed by atoms with van der Waals surface area (Å²) in [6.07, 6.45) is 2.52. The molecule has 0 fully saturated rings. The highest BCUT2D eigenvalue weighted by molar-refractivity contribution is 8.13. The normalized spacial score (nSPS) is 17.1. The van der Waals surface area contributed by atoms with Gasteiger partial charge in [-0.15, -0.1) is 0 Å². The third-order valence-electron chi connectivity index (χ3n) is 5.89. The Morgan fingerprint density at radius 2 is 1.88 bits per heavy atom. The van der Waals surface area contributed by atoms with Gasteiger partial charge in [0.05, 0.1) is 5.69 Å². The lowest BCUT2D eigenvalue weighted by Gasteiger charge is -2.25. The van der Waals surface area contributed by atoms with Crippen LogP contribution in [-0.2, 0) is 17.0 Å². The van der Waals surface area contributed by atoms with E-state index in [1.54, 1.807) is 4.90 Å². The van der Waals surface area contributed by atoms with E-state index in [2.05, 4.69) is 11.1 Å². The highest BCUT2D eigenvalue weighted by Gasteiger charge is 2.41. The van der Waals surface area contributed by atoms with Crippen LogP contribution in [0.15, 0.2) is 89.0 Å². The second kappa shape index (κ2) is 8.21. The van der Waals surface area contributed by atoms with Crippen LogP contribution in [0, 0.1) is 0 Å². The summed E-state index contributed by atoms with van der Waals surface area (Å²) in [5.41, 5.74) is 4.95. The molecule has 0 radical (unpaired) electrons. The Hall–Kier alpha value is -3.35. The van der Waals surface area contributed by atoms with Crippen molar-refractivity contribution >= 4 is 56.9 Å². The topological polar surface area (TPSA) is 60.8 Å². The number of aliphatic imine (C=N–C) groups is 2. The van der Waals surface area contributed by atoms with Crippen LogP contribution < -0.4 is 0 Å². The molecule has 162 valence electrons. The number of hydrogen-bond donors (Lipinski definition) is 1. The molecule has 0 aliphatic carbocycles. The summed E-state index contributed by atoms with van der Waals surface area (Å²) < 4.78 is 0. The Balaban J connectivity index is 1.33. The van der Waals surface area contributed by atoms with Crippen molar-refractivity contribution in [2.24, 2.45) is 9.98 Å². The molecule has 2 aliphatic heterocycles. The molecule has 0 bridgehead atoms. The van der Waals surface area contributed by atoms with Crippen molar-refractivity contribution in [1.29, 1.82) is 0 Å². The van der Waals surface area contributed by atoms with Crippen molar-refractivity contribution in [2.45, 2.75) is 18.2 Å². The number of carbonyl (C=O) groups is 1. The van der Waals surface area contributed by atoms with Crippen molar-refractivity contribution in [1.82, 2.24) is 9.88 Å². The first-order chi connectivity index (χ1) is 16.2. The summed E-state index contributed by atoms with van der Waals surface area (Å²) >= 11 is 7.67. The van der Waals surface area contributed by atoms with Gasteiger partial charge in [0.25, 0.3) is 5.91 Å². The van der Waals surface area contributed by atoms with Gasteiger partial charge >= 0.3 is 0 Å². The third-order valence-corrected chi connectivity index (χ3v) is 7.14. The Labute approximate surface area is 200 Å². The van der Waals surface area contributed by atoms with Crippen LogP contribution in [0.2, 0.25) is 5.02 Å². The van der Waals surface area contributed by atoms with Gasteiger partial charge in [-0.3, -0.25) is 9.79 Å². The first kappa shape index (κ1) is 20.3. The van der Waals surface area contributed by atoms with Gasteiger partial charge in [0.1, 0.15) is 11.9 Å². The molecule has 1 amide bonds. The predicted molar refractivity (Wildman–Crippen MR) is 135 cm³/mol. The van der Waals surface area contributed by atoms with E-state index < -0.39 is 6.04 Å². The lowest BCUT2D eigenvalue weighted by Crippen LogP contribution is -2.41. The lowest BCUT2D eigenvalue weighted by atomic mass is 10.1. The number of halogens is 1. The minimum absolute atomic E-state index is 0.0397. The van der Waals surface area contributed by atoms with Crippen molar-refractivity contribution in [2.75, 3.05) is 0 Å². The van der Waals surface area contributed by atoms with Crippen LogP contribution in [0.25, 0.3) is 10.9 Å². The summed E-state index contributed by atoms with van der Waals surface area (Å²) in [7, 11) is 0. The molecule has 3 heterocycles. The number of nitrogens with one attached hydrogen (secondary N) is 1. The number of nitrogens with zero attached hydrogens (tertiary/aromatic N) is 3. The fourth-order valence-electron chi connectivity index (χ4n) is 4.32. The van der Waals surface area contributed by atoms with Gasteiger partial charge in [0.15, 0.2) is 5.17 Å². The van der Waals surface area contributed by atoms with Crippen LogP contribution >= 0.6 is 23.4 Å².